The van der Waals surface area contributed by atoms with Crippen molar-refractivity contribution >= 4 is 17.3 Å². The zero-order valence-corrected chi connectivity index (χ0v) is 16.7. The lowest BCUT2D eigenvalue weighted by atomic mass is 10.2. The van der Waals surface area contributed by atoms with Crippen LogP contribution >= 0.6 is 0 Å². The molecule has 2 aliphatic rings. The second-order valence-corrected chi connectivity index (χ2v) is 7.88. The fraction of sp³-hybridized carbons (Fsp3) is 0.409. The first-order valence-electron chi connectivity index (χ1n) is 10.3. The second-order valence-electron chi connectivity index (χ2n) is 7.88. The van der Waals surface area contributed by atoms with Crippen molar-refractivity contribution in [2.24, 2.45) is 0 Å². The average Bonchev–Trinajstić information content (AvgIpc) is 3.59. The Labute approximate surface area is 174 Å². The fourth-order valence-corrected chi connectivity index (χ4v) is 3.85. The van der Waals surface area contributed by atoms with Gasteiger partial charge in [0.2, 0.25) is 5.91 Å². The molecule has 1 heterocycles. The van der Waals surface area contributed by atoms with Crippen LogP contribution in [0.3, 0.4) is 0 Å². The minimum Gasteiger partial charge on any atom is -0.369 e. The maximum atomic E-state index is 14.0. The maximum Gasteiger partial charge on any atom is 0.269 e. The van der Waals surface area contributed by atoms with Crippen LogP contribution < -0.4 is 4.90 Å². The molecule has 2 aromatic carbocycles. The third kappa shape index (κ3) is 4.76. The molecule has 0 bridgehead atoms. The van der Waals surface area contributed by atoms with Crippen LogP contribution in [-0.4, -0.2) is 59.4 Å². The number of benzene rings is 2. The van der Waals surface area contributed by atoms with Crippen molar-refractivity contribution in [2.45, 2.75) is 25.4 Å². The van der Waals surface area contributed by atoms with E-state index in [2.05, 4.69) is 9.80 Å². The zero-order valence-electron chi connectivity index (χ0n) is 16.7. The molecule has 4 rings (SSSR count). The van der Waals surface area contributed by atoms with Crippen LogP contribution in [-0.2, 0) is 11.3 Å². The van der Waals surface area contributed by atoms with Crippen LogP contribution in [0.5, 0.6) is 0 Å². The fourth-order valence-electron chi connectivity index (χ4n) is 3.85. The molecule has 0 atom stereocenters. The summed E-state index contributed by atoms with van der Waals surface area (Å²) in [6.07, 6.45) is 1.96. The number of nitro benzene ring substituents is 1. The number of hydrogen-bond donors (Lipinski definition) is 0. The van der Waals surface area contributed by atoms with Gasteiger partial charge >= 0.3 is 0 Å². The third-order valence-electron chi connectivity index (χ3n) is 5.76. The van der Waals surface area contributed by atoms with Crippen molar-refractivity contribution in [3.05, 3.63) is 70.0 Å². The van der Waals surface area contributed by atoms with Crippen molar-refractivity contribution in [2.75, 3.05) is 37.6 Å². The first kappa shape index (κ1) is 20.3. The Morgan fingerprint density at radius 3 is 2.33 bits per heavy atom. The Morgan fingerprint density at radius 1 is 1.07 bits per heavy atom. The van der Waals surface area contributed by atoms with Gasteiger partial charge in [0, 0.05) is 62.1 Å². The number of non-ortho nitro benzene ring substituents is 1. The highest BCUT2D eigenvalue weighted by Crippen LogP contribution is 2.29. The van der Waals surface area contributed by atoms with Crippen LogP contribution in [0, 0.1) is 15.9 Å². The van der Waals surface area contributed by atoms with Gasteiger partial charge in [0.15, 0.2) is 0 Å². The number of rotatable bonds is 7. The largest absolute Gasteiger partial charge is 0.369 e. The highest BCUT2D eigenvalue weighted by molar-refractivity contribution is 5.79. The van der Waals surface area contributed by atoms with Crippen LogP contribution in [0.15, 0.2) is 48.5 Å². The number of nitro groups is 1. The number of halogens is 1. The molecule has 30 heavy (non-hydrogen) atoms. The van der Waals surface area contributed by atoms with Crippen LogP contribution in [0.1, 0.15) is 18.4 Å². The zero-order chi connectivity index (χ0) is 21.1. The lowest BCUT2D eigenvalue weighted by Gasteiger charge is -2.36. The first-order valence-corrected chi connectivity index (χ1v) is 10.3. The third-order valence-corrected chi connectivity index (χ3v) is 5.76. The van der Waals surface area contributed by atoms with Gasteiger partial charge in [0.05, 0.1) is 11.5 Å². The maximum absolute atomic E-state index is 14.0. The molecule has 8 heteroatoms. The van der Waals surface area contributed by atoms with E-state index in [1.54, 1.807) is 30.3 Å². The van der Waals surface area contributed by atoms with E-state index in [4.69, 9.17) is 0 Å². The van der Waals surface area contributed by atoms with Crippen LogP contribution in [0.2, 0.25) is 0 Å². The molecular weight excluding hydrogens is 387 g/mol. The van der Waals surface area contributed by atoms with E-state index < -0.39 is 4.92 Å². The molecule has 1 saturated heterocycles. The van der Waals surface area contributed by atoms with E-state index in [-0.39, 0.29) is 23.5 Å². The Balaban J connectivity index is 1.32. The summed E-state index contributed by atoms with van der Waals surface area (Å²) in [6, 6.07) is 13.4. The van der Waals surface area contributed by atoms with Gasteiger partial charge in [-0.25, -0.2) is 4.39 Å². The summed E-state index contributed by atoms with van der Waals surface area (Å²) < 4.78 is 14.0. The van der Waals surface area contributed by atoms with Gasteiger partial charge in [-0.3, -0.25) is 19.8 Å². The minimum absolute atomic E-state index is 0.0459. The topological polar surface area (TPSA) is 69.9 Å². The quantitative estimate of drug-likeness (QED) is 0.516. The second kappa shape index (κ2) is 8.79. The number of carbonyl (C=O) groups excluding carboxylic acids is 1. The van der Waals surface area contributed by atoms with Gasteiger partial charge in [-0.15, -0.1) is 0 Å². The van der Waals surface area contributed by atoms with Gasteiger partial charge in [0.25, 0.3) is 5.69 Å². The molecule has 1 amide bonds. The summed E-state index contributed by atoms with van der Waals surface area (Å²) in [6.45, 7) is 3.63. The minimum atomic E-state index is -0.403. The summed E-state index contributed by atoms with van der Waals surface area (Å²) in [5.74, 6) is -0.225. The number of anilines is 1. The predicted octanol–water partition coefficient (Wildman–Crippen LogP) is 3.05. The summed E-state index contributed by atoms with van der Waals surface area (Å²) in [5, 5.41) is 10.8. The van der Waals surface area contributed by atoms with Gasteiger partial charge in [-0.05, 0) is 31.0 Å². The van der Waals surface area contributed by atoms with Crippen molar-refractivity contribution in [3.63, 3.8) is 0 Å². The molecule has 1 aliphatic heterocycles. The van der Waals surface area contributed by atoms with Crippen molar-refractivity contribution < 1.29 is 14.1 Å². The predicted molar refractivity (Wildman–Crippen MR) is 112 cm³/mol. The number of carbonyl (C=O) groups is 1. The molecule has 0 aromatic heterocycles. The average molecular weight is 412 g/mol. The summed E-state index contributed by atoms with van der Waals surface area (Å²) in [5.41, 5.74) is 1.59. The van der Waals surface area contributed by atoms with Gasteiger partial charge in [-0.2, -0.15) is 0 Å². The molecular formula is C22H25FN4O3. The Kier molecular flexibility index (Phi) is 5.94. The van der Waals surface area contributed by atoms with Crippen LogP contribution in [0.4, 0.5) is 15.8 Å². The van der Waals surface area contributed by atoms with Gasteiger partial charge in [0.1, 0.15) is 5.82 Å². The van der Waals surface area contributed by atoms with Crippen molar-refractivity contribution in [1.29, 1.82) is 0 Å². The van der Waals surface area contributed by atoms with E-state index in [0.29, 0.717) is 18.7 Å². The number of amides is 1. The van der Waals surface area contributed by atoms with Gasteiger partial charge in [-0.1, -0.05) is 18.2 Å². The molecule has 2 fully saturated rings. The van der Waals surface area contributed by atoms with Crippen LogP contribution in [0.25, 0.3) is 0 Å². The van der Waals surface area contributed by atoms with E-state index in [9.17, 15) is 19.3 Å². The number of piperazine rings is 1. The molecule has 2 aromatic rings. The van der Waals surface area contributed by atoms with E-state index in [0.717, 1.165) is 44.7 Å². The van der Waals surface area contributed by atoms with Crippen molar-refractivity contribution in [1.82, 2.24) is 9.80 Å². The molecule has 0 N–H and O–H groups in total. The van der Waals surface area contributed by atoms with Gasteiger partial charge < -0.3 is 9.80 Å². The Hall–Kier alpha value is -3.00. The molecule has 0 radical (unpaired) electrons. The van der Waals surface area contributed by atoms with E-state index >= 15 is 0 Å². The molecule has 0 unspecified atom stereocenters. The summed E-state index contributed by atoms with van der Waals surface area (Å²) in [7, 11) is 0. The van der Waals surface area contributed by atoms with E-state index in [1.165, 1.54) is 18.2 Å². The lowest BCUT2D eigenvalue weighted by Crippen LogP contribution is -2.50. The highest BCUT2D eigenvalue weighted by Gasteiger charge is 2.34. The highest BCUT2D eigenvalue weighted by atomic mass is 19.1. The first-order chi connectivity index (χ1) is 14.5. The summed E-state index contributed by atoms with van der Waals surface area (Å²) >= 11 is 0. The number of hydrogen-bond acceptors (Lipinski definition) is 5. The normalized spacial score (nSPS) is 17.0. The Bertz CT molecular complexity index is 909. The molecule has 158 valence electrons. The Morgan fingerprint density at radius 2 is 1.73 bits per heavy atom. The molecule has 1 saturated carbocycles. The number of nitrogens with zero attached hydrogens (tertiary/aromatic N) is 4. The summed E-state index contributed by atoms with van der Waals surface area (Å²) in [4.78, 5) is 29.5. The molecule has 1 aliphatic carbocycles. The SMILES string of the molecule is O=C(CN1CCN(c2ccc([N+](=O)[O-])cc2)CC1)N(Cc1ccccc1F)C1CC1. The van der Waals surface area contributed by atoms with E-state index in [1.807, 2.05) is 4.90 Å². The molecule has 0 spiro atoms. The lowest BCUT2D eigenvalue weighted by molar-refractivity contribution is -0.384. The monoisotopic (exact) mass is 412 g/mol. The smallest absolute Gasteiger partial charge is 0.269 e. The molecule has 7 nitrogen and oxygen atoms in total. The van der Waals surface area contributed by atoms with Crippen molar-refractivity contribution in [3.8, 4) is 0 Å². The standard InChI is InChI=1S/C22H25FN4O3/c23-21-4-2-1-3-17(21)15-26(19-7-8-19)22(28)16-24-11-13-25(14-12-24)18-5-9-20(10-6-18)27(29)30/h1-6,9-10,19H,7-8,11-16H2.